The van der Waals surface area contributed by atoms with Crippen molar-refractivity contribution in [2.75, 3.05) is 19.8 Å². The minimum absolute atomic E-state index is 0.503. The van der Waals surface area contributed by atoms with Crippen LogP contribution in [0.1, 0.15) is 39.0 Å². The van der Waals surface area contributed by atoms with Gasteiger partial charge in [-0.15, -0.1) is 0 Å². The van der Waals surface area contributed by atoms with Crippen molar-refractivity contribution < 1.29 is 9.84 Å². The first-order valence-electron chi connectivity index (χ1n) is 6.27. The molecule has 1 aliphatic carbocycles. The first kappa shape index (κ1) is 11.4. The van der Waals surface area contributed by atoms with Gasteiger partial charge >= 0.3 is 0 Å². The van der Waals surface area contributed by atoms with Gasteiger partial charge in [0, 0.05) is 25.6 Å². The van der Waals surface area contributed by atoms with Gasteiger partial charge in [-0.1, -0.05) is 19.8 Å². The maximum atomic E-state index is 10.1. The zero-order valence-electron chi connectivity index (χ0n) is 9.67. The Morgan fingerprint density at radius 1 is 1.47 bits per heavy atom. The van der Waals surface area contributed by atoms with E-state index in [0.717, 1.165) is 12.3 Å². The molecule has 0 amide bonds. The first-order chi connectivity index (χ1) is 7.23. The van der Waals surface area contributed by atoms with Crippen LogP contribution in [0.5, 0.6) is 0 Å². The van der Waals surface area contributed by atoms with Gasteiger partial charge in [0.15, 0.2) is 0 Å². The van der Waals surface area contributed by atoms with Crippen LogP contribution in [0, 0.1) is 5.92 Å². The summed E-state index contributed by atoms with van der Waals surface area (Å²) in [5, 5.41) is 13.7. The van der Waals surface area contributed by atoms with Crippen molar-refractivity contribution in [1.29, 1.82) is 0 Å². The van der Waals surface area contributed by atoms with Crippen LogP contribution in [0.3, 0.4) is 0 Å². The zero-order valence-corrected chi connectivity index (χ0v) is 9.67. The van der Waals surface area contributed by atoms with Crippen molar-refractivity contribution in [3.05, 3.63) is 0 Å². The summed E-state index contributed by atoms with van der Waals surface area (Å²) in [4.78, 5) is 0. The van der Waals surface area contributed by atoms with Crippen LogP contribution in [-0.2, 0) is 4.74 Å². The van der Waals surface area contributed by atoms with E-state index in [1.54, 1.807) is 0 Å². The molecule has 88 valence electrons. The van der Waals surface area contributed by atoms with Crippen molar-refractivity contribution >= 4 is 0 Å². The highest BCUT2D eigenvalue weighted by molar-refractivity contribution is 4.89. The van der Waals surface area contributed by atoms with Gasteiger partial charge < -0.3 is 15.2 Å². The van der Waals surface area contributed by atoms with Crippen molar-refractivity contribution in [3.8, 4) is 0 Å². The molecule has 1 saturated heterocycles. The summed E-state index contributed by atoms with van der Waals surface area (Å²) in [6, 6.07) is 0.625. The molecule has 3 unspecified atom stereocenters. The summed E-state index contributed by atoms with van der Waals surface area (Å²) in [6.45, 7) is 4.18. The normalized spacial score (nSPS) is 41.2. The van der Waals surface area contributed by atoms with Crippen LogP contribution < -0.4 is 5.32 Å². The Morgan fingerprint density at radius 3 is 3.00 bits per heavy atom. The highest BCUT2D eigenvalue weighted by Crippen LogP contribution is 2.28. The first-order valence-corrected chi connectivity index (χ1v) is 6.27. The molecule has 0 bridgehead atoms. The maximum absolute atomic E-state index is 10.1. The number of hydrogen-bond acceptors (Lipinski definition) is 3. The van der Waals surface area contributed by atoms with Gasteiger partial charge in [0.25, 0.3) is 0 Å². The fourth-order valence-corrected chi connectivity index (χ4v) is 2.85. The molecule has 3 nitrogen and oxygen atoms in total. The van der Waals surface area contributed by atoms with Gasteiger partial charge in [-0.2, -0.15) is 0 Å². The van der Waals surface area contributed by atoms with Crippen LogP contribution in [0.25, 0.3) is 0 Å². The number of aliphatic hydroxyl groups is 1. The van der Waals surface area contributed by atoms with E-state index in [0.29, 0.717) is 25.8 Å². The molecule has 0 aromatic rings. The van der Waals surface area contributed by atoms with Crippen LogP contribution in [-0.4, -0.2) is 36.5 Å². The molecule has 3 atom stereocenters. The molecule has 15 heavy (non-hydrogen) atoms. The number of nitrogens with one attached hydrogen (secondary N) is 1. The fraction of sp³-hybridized carbons (Fsp3) is 1.00. The van der Waals surface area contributed by atoms with Crippen molar-refractivity contribution in [2.24, 2.45) is 5.92 Å². The average Bonchev–Trinajstić information content (AvgIpc) is 2.84. The molecule has 2 rings (SSSR count). The van der Waals surface area contributed by atoms with Gasteiger partial charge in [-0.25, -0.2) is 0 Å². The summed E-state index contributed by atoms with van der Waals surface area (Å²) < 4.78 is 5.24. The zero-order chi connectivity index (χ0) is 10.7. The summed E-state index contributed by atoms with van der Waals surface area (Å²) in [6.07, 6.45) is 6.00. The quantitative estimate of drug-likeness (QED) is 0.740. The van der Waals surface area contributed by atoms with Crippen LogP contribution in [0.2, 0.25) is 0 Å². The van der Waals surface area contributed by atoms with E-state index >= 15 is 0 Å². The molecule has 2 fully saturated rings. The van der Waals surface area contributed by atoms with E-state index in [1.807, 2.05) is 0 Å². The topological polar surface area (TPSA) is 41.5 Å². The third-order valence-electron chi connectivity index (χ3n) is 3.96. The molecule has 1 heterocycles. The van der Waals surface area contributed by atoms with Crippen molar-refractivity contribution in [3.63, 3.8) is 0 Å². The van der Waals surface area contributed by atoms with E-state index < -0.39 is 5.60 Å². The van der Waals surface area contributed by atoms with E-state index in [4.69, 9.17) is 4.74 Å². The standard InChI is InChI=1S/C12H23NO2/c1-2-10-4-3-5-11(10)13-8-12(14)6-7-15-9-12/h10-11,13-14H,2-9H2,1H3. The van der Waals surface area contributed by atoms with Gasteiger partial charge in [0.05, 0.1) is 6.61 Å². The summed E-state index contributed by atoms with van der Waals surface area (Å²) in [5.74, 6) is 0.816. The lowest BCUT2D eigenvalue weighted by atomic mass is 9.98. The lowest BCUT2D eigenvalue weighted by Gasteiger charge is -2.26. The Hall–Kier alpha value is -0.120. The molecule has 1 saturated carbocycles. The molecule has 2 aliphatic rings. The molecule has 0 spiro atoms. The molecule has 1 aliphatic heterocycles. The number of rotatable bonds is 4. The Balaban J connectivity index is 1.77. The van der Waals surface area contributed by atoms with Gasteiger partial charge in [-0.05, 0) is 18.8 Å². The number of ether oxygens (including phenoxy) is 1. The van der Waals surface area contributed by atoms with Gasteiger partial charge in [0.1, 0.15) is 5.60 Å². The van der Waals surface area contributed by atoms with Crippen LogP contribution in [0.15, 0.2) is 0 Å². The summed E-state index contributed by atoms with van der Waals surface area (Å²) in [5.41, 5.74) is -0.596. The minimum Gasteiger partial charge on any atom is -0.386 e. The van der Waals surface area contributed by atoms with E-state index in [2.05, 4.69) is 12.2 Å². The Kier molecular flexibility index (Phi) is 3.65. The molecular formula is C12H23NO2. The van der Waals surface area contributed by atoms with Gasteiger partial charge in [0.2, 0.25) is 0 Å². The van der Waals surface area contributed by atoms with Crippen LogP contribution >= 0.6 is 0 Å². The highest BCUT2D eigenvalue weighted by Gasteiger charge is 2.34. The predicted molar refractivity (Wildman–Crippen MR) is 59.8 cm³/mol. The maximum Gasteiger partial charge on any atom is 0.102 e. The summed E-state index contributed by atoms with van der Waals surface area (Å²) >= 11 is 0. The molecule has 0 aromatic heterocycles. The fourth-order valence-electron chi connectivity index (χ4n) is 2.85. The molecule has 0 aromatic carbocycles. The monoisotopic (exact) mass is 213 g/mol. The second kappa shape index (κ2) is 4.81. The predicted octanol–water partition coefficient (Wildman–Crippen LogP) is 1.31. The highest BCUT2D eigenvalue weighted by atomic mass is 16.5. The Morgan fingerprint density at radius 2 is 2.33 bits per heavy atom. The van der Waals surface area contributed by atoms with E-state index in [-0.39, 0.29) is 0 Å². The molecular weight excluding hydrogens is 190 g/mol. The Bertz CT molecular complexity index is 202. The third kappa shape index (κ3) is 2.71. The van der Waals surface area contributed by atoms with Crippen molar-refractivity contribution in [2.45, 2.75) is 50.7 Å². The largest absolute Gasteiger partial charge is 0.386 e. The lowest BCUT2D eigenvalue weighted by molar-refractivity contribution is 0.0237. The second-order valence-electron chi connectivity index (χ2n) is 5.11. The minimum atomic E-state index is -0.596. The van der Waals surface area contributed by atoms with Gasteiger partial charge in [-0.3, -0.25) is 0 Å². The van der Waals surface area contributed by atoms with E-state index in [9.17, 15) is 5.11 Å². The van der Waals surface area contributed by atoms with Crippen molar-refractivity contribution in [1.82, 2.24) is 5.32 Å². The smallest absolute Gasteiger partial charge is 0.102 e. The number of hydrogen-bond donors (Lipinski definition) is 2. The third-order valence-corrected chi connectivity index (χ3v) is 3.96. The van der Waals surface area contributed by atoms with E-state index in [1.165, 1.54) is 25.7 Å². The SMILES string of the molecule is CCC1CCCC1NCC1(O)CCOC1. The molecule has 2 N–H and O–H groups in total. The van der Waals surface area contributed by atoms with Crippen LogP contribution in [0.4, 0.5) is 0 Å². The lowest BCUT2D eigenvalue weighted by Crippen LogP contribution is -2.46. The molecule has 3 heteroatoms. The molecule has 0 radical (unpaired) electrons. The Labute approximate surface area is 92.2 Å². The second-order valence-corrected chi connectivity index (χ2v) is 5.11. The summed E-state index contributed by atoms with van der Waals surface area (Å²) in [7, 11) is 0. The average molecular weight is 213 g/mol.